The largest absolute Gasteiger partial charge is 0.374 e. The summed E-state index contributed by atoms with van der Waals surface area (Å²) >= 11 is 0. The van der Waals surface area contributed by atoms with E-state index in [4.69, 9.17) is 0 Å². The van der Waals surface area contributed by atoms with Crippen LogP contribution in [0, 0.1) is 17.6 Å². The normalized spacial score (nSPS) is 24.2. The predicted octanol–water partition coefficient (Wildman–Crippen LogP) is 5.01. The van der Waals surface area contributed by atoms with Crippen LogP contribution in [0.2, 0.25) is 0 Å². The van der Waals surface area contributed by atoms with E-state index in [-0.39, 0.29) is 59.2 Å². The number of amides is 3. The number of nitrogens with zero attached hydrogens (tertiary/aromatic N) is 5. The van der Waals surface area contributed by atoms with Crippen molar-refractivity contribution in [3.05, 3.63) is 95.0 Å². The molecule has 15 heteroatoms. The number of halogens is 2. The number of carbonyl (C=O) groups is 3. The van der Waals surface area contributed by atoms with E-state index in [9.17, 15) is 23.6 Å². The molecule has 1 atom stereocenters. The molecule has 0 spiro atoms. The molecule has 2 aliphatic heterocycles. The first-order valence-electron chi connectivity index (χ1n) is 20.4. The molecule has 2 saturated heterocycles. The summed E-state index contributed by atoms with van der Waals surface area (Å²) in [6.07, 6.45) is 10.4. The third-order valence-corrected chi connectivity index (χ3v) is 12.1. The summed E-state index contributed by atoms with van der Waals surface area (Å²) in [5.41, 5.74) is 2.16. The van der Waals surface area contributed by atoms with E-state index in [1.165, 1.54) is 16.7 Å². The monoisotopic (exact) mass is 793 g/mol. The van der Waals surface area contributed by atoms with Gasteiger partial charge in [-0.05, 0) is 94.2 Å². The van der Waals surface area contributed by atoms with E-state index in [0.717, 1.165) is 70.7 Å². The van der Waals surface area contributed by atoms with E-state index >= 15 is 4.39 Å². The molecule has 0 bridgehead atoms. The van der Waals surface area contributed by atoms with Gasteiger partial charge in [0.2, 0.25) is 23.7 Å². The maximum absolute atomic E-state index is 15.2. The first kappa shape index (κ1) is 39.1. The summed E-state index contributed by atoms with van der Waals surface area (Å²) in [6, 6.07) is 17.0. The zero-order valence-corrected chi connectivity index (χ0v) is 32.3. The van der Waals surface area contributed by atoms with Gasteiger partial charge in [0.1, 0.15) is 17.6 Å². The summed E-state index contributed by atoms with van der Waals surface area (Å²) in [7, 11) is 0. The maximum atomic E-state index is 15.2. The topological polar surface area (TPSA) is 154 Å². The number of rotatable bonds is 10. The second-order valence-corrected chi connectivity index (χ2v) is 15.9. The van der Waals surface area contributed by atoms with Gasteiger partial charge < -0.3 is 20.9 Å². The molecule has 4 fully saturated rings. The lowest BCUT2D eigenvalue weighted by Gasteiger charge is -2.43. The van der Waals surface area contributed by atoms with Crippen LogP contribution in [0.1, 0.15) is 64.2 Å². The van der Waals surface area contributed by atoms with E-state index in [1.807, 2.05) is 0 Å². The van der Waals surface area contributed by atoms with Gasteiger partial charge in [-0.25, -0.2) is 18.7 Å². The Bertz CT molecular complexity index is 2190. The molecule has 8 rings (SSSR count). The van der Waals surface area contributed by atoms with Crippen molar-refractivity contribution in [3.8, 4) is 16.9 Å². The Morgan fingerprint density at radius 3 is 2.29 bits per heavy atom. The summed E-state index contributed by atoms with van der Waals surface area (Å²) in [5.74, 6) is -1.18. The van der Waals surface area contributed by atoms with Crippen LogP contribution in [0.3, 0.4) is 0 Å². The zero-order valence-electron chi connectivity index (χ0n) is 32.3. The Hall–Kier alpha value is -5.70. The highest BCUT2D eigenvalue weighted by atomic mass is 19.1. The van der Waals surface area contributed by atoms with Crippen molar-refractivity contribution >= 4 is 35.0 Å². The third-order valence-electron chi connectivity index (χ3n) is 12.1. The minimum Gasteiger partial charge on any atom is -0.374 e. The fourth-order valence-electron chi connectivity index (χ4n) is 8.88. The van der Waals surface area contributed by atoms with Gasteiger partial charge in [-0.3, -0.25) is 34.0 Å². The van der Waals surface area contributed by atoms with E-state index in [2.05, 4.69) is 41.0 Å². The van der Waals surface area contributed by atoms with Gasteiger partial charge in [-0.1, -0.05) is 18.2 Å². The molecule has 2 aromatic heterocycles. The van der Waals surface area contributed by atoms with Crippen LogP contribution in [0.5, 0.6) is 0 Å². The fraction of sp³-hybridized carbons (Fsp3) is 0.442. The minimum atomic E-state index is -0.562. The van der Waals surface area contributed by atoms with Gasteiger partial charge in [0, 0.05) is 85.8 Å². The van der Waals surface area contributed by atoms with E-state index < -0.39 is 11.9 Å². The van der Waals surface area contributed by atoms with Gasteiger partial charge in [-0.2, -0.15) is 0 Å². The number of aromatic nitrogens is 3. The number of pyridine rings is 1. The molecule has 4 aliphatic rings. The van der Waals surface area contributed by atoms with Crippen molar-refractivity contribution in [3.63, 3.8) is 0 Å². The molecular formula is C43H49F2N9O4. The second kappa shape index (κ2) is 17.4. The molecule has 4 aromatic rings. The molecular weight excluding hydrogens is 745 g/mol. The molecule has 13 nitrogen and oxygen atoms in total. The summed E-state index contributed by atoms with van der Waals surface area (Å²) in [5, 5.41) is 12.1. The molecule has 4 N–H and O–H groups in total. The van der Waals surface area contributed by atoms with Crippen LogP contribution < -0.4 is 31.7 Å². The number of piperazine rings is 1. The highest BCUT2D eigenvalue weighted by Crippen LogP contribution is 2.31. The molecule has 4 heterocycles. The number of hydrogen-bond donors (Lipinski definition) is 4. The second-order valence-electron chi connectivity index (χ2n) is 15.9. The van der Waals surface area contributed by atoms with Crippen molar-refractivity contribution in [2.45, 2.75) is 88.4 Å². The van der Waals surface area contributed by atoms with Crippen molar-refractivity contribution in [1.29, 1.82) is 0 Å². The summed E-state index contributed by atoms with van der Waals surface area (Å²) in [4.78, 5) is 62.5. The Morgan fingerprint density at radius 1 is 0.776 bits per heavy atom. The van der Waals surface area contributed by atoms with Gasteiger partial charge >= 0.3 is 0 Å². The Morgan fingerprint density at radius 2 is 1.55 bits per heavy atom. The average Bonchev–Trinajstić information content (AvgIpc) is 3.23. The zero-order chi connectivity index (χ0) is 40.2. The predicted molar refractivity (Wildman–Crippen MR) is 217 cm³/mol. The summed E-state index contributed by atoms with van der Waals surface area (Å²) in [6.45, 7) is 3.10. The number of imide groups is 1. The number of nitrogens with one attached hydrogen (secondary N) is 4. The Kier molecular flexibility index (Phi) is 11.8. The number of piperidine rings is 1. The van der Waals surface area contributed by atoms with Crippen LogP contribution in [0.15, 0.2) is 77.9 Å². The first-order valence-corrected chi connectivity index (χ1v) is 20.4. The SMILES string of the molecule is O=C1CCC(Nc2ccc(N3CCN(C4CCC(NC(=O)[C@H]5CC[C@H](Nc6ncc(F)c(-c7cccc(-n8ccccc8=O)c7)n6)CC5)CC4)CC3)c(F)c2)C(=O)N1. The Labute approximate surface area is 335 Å². The van der Waals surface area contributed by atoms with Crippen LogP contribution in [-0.4, -0.2) is 87.5 Å². The lowest BCUT2D eigenvalue weighted by atomic mass is 9.84. The van der Waals surface area contributed by atoms with Crippen molar-refractivity contribution in [2.24, 2.45) is 5.92 Å². The van der Waals surface area contributed by atoms with Gasteiger partial charge in [-0.15, -0.1) is 0 Å². The van der Waals surface area contributed by atoms with Crippen molar-refractivity contribution < 1.29 is 23.2 Å². The minimum absolute atomic E-state index is 0.0552. The molecule has 2 aliphatic carbocycles. The van der Waals surface area contributed by atoms with Crippen molar-refractivity contribution in [2.75, 3.05) is 41.7 Å². The first-order chi connectivity index (χ1) is 28.2. The molecule has 3 amide bonds. The smallest absolute Gasteiger partial charge is 0.255 e. The Balaban J connectivity index is 0.760. The van der Waals surface area contributed by atoms with Crippen LogP contribution in [0.25, 0.3) is 16.9 Å². The third kappa shape index (κ3) is 9.04. The van der Waals surface area contributed by atoms with Gasteiger partial charge in [0.15, 0.2) is 5.82 Å². The number of hydrogen-bond acceptors (Lipinski definition) is 10. The fourth-order valence-corrected chi connectivity index (χ4v) is 8.88. The standard InChI is InChI=1S/C43H49F2N9O4/c44-34-25-31(47-36-16-18-38(55)50-42(36)58)13-17-37(34)53-22-20-52(21-23-53)32-14-11-29(12-15-32)48-41(57)27-7-9-30(10-8-27)49-43-46-26-35(45)40(51-43)28-4-3-5-33(24-28)54-19-2-1-6-39(54)56/h1-6,13,17,19,24-27,29-30,32,36,47H,7-12,14-16,18,20-23H2,(H,48,57)(H,46,49,51)(H,50,55,58)/t27-,29?,30-,32?,36?. The number of carbonyl (C=O) groups excluding carboxylic acids is 3. The lowest BCUT2D eigenvalue weighted by Crippen LogP contribution is -2.52. The van der Waals surface area contributed by atoms with E-state index in [0.29, 0.717) is 54.1 Å². The molecule has 1 unspecified atom stereocenters. The van der Waals surface area contributed by atoms with Crippen LogP contribution in [-0.2, 0) is 14.4 Å². The van der Waals surface area contributed by atoms with Gasteiger partial charge in [0.25, 0.3) is 5.56 Å². The molecule has 0 radical (unpaired) electrons. The molecule has 304 valence electrons. The highest BCUT2D eigenvalue weighted by Gasteiger charge is 2.33. The van der Waals surface area contributed by atoms with E-state index in [1.54, 1.807) is 54.7 Å². The van der Waals surface area contributed by atoms with Crippen LogP contribution in [0.4, 0.5) is 26.1 Å². The van der Waals surface area contributed by atoms with Crippen LogP contribution >= 0.6 is 0 Å². The molecule has 58 heavy (non-hydrogen) atoms. The molecule has 2 saturated carbocycles. The molecule has 2 aromatic carbocycles. The summed E-state index contributed by atoms with van der Waals surface area (Å²) < 4.78 is 31.7. The maximum Gasteiger partial charge on any atom is 0.255 e. The quantitative estimate of drug-likeness (QED) is 0.161. The number of anilines is 3. The highest BCUT2D eigenvalue weighted by molar-refractivity contribution is 6.01. The lowest BCUT2D eigenvalue weighted by molar-refractivity contribution is -0.133. The average molecular weight is 794 g/mol. The number of benzene rings is 2. The van der Waals surface area contributed by atoms with Crippen molar-refractivity contribution in [1.82, 2.24) is 30.1 Å². The van der Waals surface area contributed by atoms with Gasteiger partial charge in [0.05, 0.1) is 11.9 Å².